The van der Waals surface area contributed by atoms with Crippen LogP contribution < -0.4 is 9.47 Å². The van der Waals surface area contributed by atoms with Crippen molar-refractivity contribution in [2.24, 2.45) is 0 Å². The molecule has 0 bridgehead atoms. The van der Waals surface area contributed by atoms with Crippen LogP contribution in [0.1, 0.15) is 24.5 Å². The number of benzene rings is 1. The van der Waals surface area contributed by atoms with Gasteiger partial charge >= 0.3 is 0 Å². The molecule has 98 valence electrons. The van der Waals surface area contributed by atoms with E-state index in [0.29, 0.717) is 0 Å². The topological polar surface area (TPSA) is 38.7 Å². The van der Waals surface area contributed by atoms with Crippen LogP contribution in [0.5, 0.6) is 11.5 Å². The maximum atomic E-state index is 9.05. The van der Waals surface area contributed by atoms with Crippen molar-refractivity contribution in [2.75, 3.05) is 20.3 Å². The average Bonchev–Trinajstić information content (AvgIpc) is 2.44. The van der Waals surface area contributed by atoms with E-state index in [1.807, 2.05) is 19.1 Å². The lowest BCUT2D eigenvalue weighted by Gasteiger charge is -2.21. The predicted octanol–water partition coefficient (Wildman–Crippen LogP) is 2.50. The van der Waals surface area contributed by atoms with Gasteiger partial charge in [0.05, 0.1) is 20.3 Å². The molecule has 0 atom stereocenters. The van der Waals surface area contributed by atoms with Gasteiger partial charge in [0.25, 0.3) is 0 Å². The molecule has 0 radical (unpaired) electrons. The fraction of sp³-hybridized carbons (Fsp3) is 0.467. The second kappa shape index (κ2) is 5.91. The summed E-state index contributed by atoms with van der Waals surface area (Å²) in [4.78, 5) is 0. The Labute approximate surface area is 108 Å². The molecule has 0 aliphatic carbocycles. The van der Waals surface area contributed by atoms with Crippen LogP contribution in [-0.4, -0.2) is 25.4 Å². The van der Waals surface area contributed by atoms with Crippen LogP contribution in [0.15, 0.2) is 23.8 Å². The molecule has 1 N–H and O–H groups in total. The Kier molecular flexibility index (Phi) is 4.26. The van der Waals surface area contributed by atoms with Gasteiger partial charge in [-0.05, 0) is 37.8 Å². The molecule has 1 aliphatic heterocycles. The van der Waals surface area contributed by atoms with Crippen LogP contribution in [0.3, 0.4) is 0 Å². The molecular weight excluding hydrogens is 228 g/mol. The zero-order chi connectivity index (χ0) is 13.0. The van der Waals surface area contributed by atoms with Crippen molar-refractivity contribution in [3.63, 3.8) is 0 Å². The van der Waals surface area contributed by atoms with Crippen molar-refractivity contribution < 1.29 is 14.6 Å². The minimum Gasteiger partial charge on any atom is -0.496 e. The van der Waals surface area contributed by atoms with E-state index < -0.39 is 0 Å². The van der Waals surface area contributed by atoms with Gasteiger partial charge in [-0.3, -0.25) is 0 Å². The van der Waals surface area contributed by atoms with Gasteiger partial charge in [0.15, 0.2) is 0 Å². The van der Waals surface area contributed by atoms with Crippen molar-refractivity contribution in [1.29, 1.82) is 0 Å². The van der Waals surface area contributed by atoms with Crippen molar-refractivity contribution >= 4 is 0 Å². The molecule has 1 aromatic carbocycles. The van der Waals surface area contributed by atoms with E-state index in [4.69, 9.17) is 14.6 Å². The Bertz CT molecular complexity index is 449. The molecule has 0 saturated carbocycles. The smallest absolute Gasteiger partial charge is 0.129 e. The molecule has 2 rings (SSSR count). The summed E-state index contributed by atoms with van der Waals surface area (Å²) in [7, 11) is 1.68. The first-order valence-electron chi connectivity index (χ1n) is 6.34. The van der Waals surface area contributed by atoms with E-state index in [2.05, 4.69) is 6.07 Å². The lowest BCUT2D eigenvalue weighted by molar-refractivity contribution is 0.282. The van der Waals surface area contributed by atoms with Gasteiger partial charge in [-0.15, -0.1) is 0 Å². The number of allylic oxidation sites excluding steroid dienone is 1. The first kappa shape index (κ1) is 13.0. The minimum atomic E-state index is 0.0954. The number of aryl methyl sites for hydroxylation is 1. The van der Waals surface area contributed by atoms with E-state index >= 15 is 0 Å². The normalized spacial score (nSPS) is 14.9. The molecular formula is C15H20O3. The minimum absolute atomic E-state index is 0.0954. The standard InChI is InChI=1S/C15H20O3/c1-11(10-16)5-7-13-14(17-2)8-6-12-4-3-9-18-15(12)13/h5-6,8,16H,3-4,7,9-10H2,1-2H3/b11-5-. The second-order valence-corrected chi connectivity index (χ2v) is 4.60. The lowest BCUT2D eigenvalue weighted by Crippen LogP contribution is -2.11. The van der Waals surface area contributed by atoms with Gasteiger partial charge in [-0.2, -0.15) is 0 Å². The Morgan fingerprint density at radius 1 is 1.50 bits per heavy atom. The Morgan fingerprint density at radius 2 is 2.33 bits per heavy atom. The van der Waals surface area contributed by atoms with Crippen LogP contribution in [0.4, 0.5) is 0 Å². The number of hydrogen-bond acceptors (Lipinski definition) is 3. The summed E-state index contributed by atoms with van der Waals surface area (Å²) in [6.07, 6.45) is 4.90. The number of hydrogen-bond donors (Lipinski definition) is 1. The van der Waals surface area contributed by atoms with Crippen LogP contribution in [0, 0.1) is 0 Å². The van der Waals surface area contributed by atoms with Crippen molar-refractivity contribution in [3.05, 3.63) is 34.9 Å². The third-order valence-electron chi connectivity index (χ3n) is 3.26. The summed E-state index contributed by atoms with van der Waals surface area (Å²) in [5.41, 5.74) is 3.31. The average molecular weight is 248 g/mol. The Hall–Kier alpha value is -1.48. The van der Waals surface area contributed by atoms with Crippen LogP contribution >= 0.6 is 0 Å². The molecule has 0 amide bonds. The molecule has 1 aromatic rings. The van der Waals surface area contributed by atoms with E-state index in [1.165, 1.54) is 5.56 Å². The largest absolute Gasteiger partial charge is 0.496 e. The number of methoxy groups -OCH3 is 1. The molecule has 1 heterocycles. The molecule has 3 heteroatoms. The molecule has 3 nitrogen and oxygen atoms in total. The van der Waals surface area contributed by atoms with Gasteiger partial charge in [-0.1, -0.05) is 17.7 Å². The third-order valence-corrected chi connectivity index (χ3v) is 3.26. The van der Waals surface area contributed by atoms with E-state index in [-0.39, 0.29) is 6.61 Å². The van der Waals surface area contributed by atoms with Gasteiger partial charge in [0.2, 0.25) is 0 Å². The highest BCUT2D eigenvalue weighted by molar-refractivity contribution is 5.52. The quantitative estimate of drug-likeness (QED) is 0.832. The van der Waals surface area contributed by atoms with Gasteiger partial charge in [-0.25, -0.2) is 0 Å². The number of aliphatic hydroxyl groups is 1. The molecule has 0 fully saturated rings. The highest BCUT2D eigenvalue weighted by atomic mass is 16.5. The zero-order valence-electron chi connectivity index (χ0n) is 11.0. The first-order valence-corrected chi connectivity index (χ1v) is 6.34. The van der Waals surface area contributed by atoms with Gasteiger partial charge < -0.3 is 14.6 Å². The zero-order valence-corrected chi connectivity index (χ0v) is 11.0. The number of rotatable bonds is 4. The monoisotopic (exact) mass is 248 g/mol. The third kappa shape index (κ3) is 2.67. The SMILES string of the molecule is COc1ccc2c(c1C/C=C(/C)CO)OCCC2. The Morgan fingerprint density at radius 3 is 3.06 bits per heavy atom. The van der Waals surface area contributed by atoms with Crippen molar-refractivity contribution in [2.45, 2.75) is 26.2 Å². The highest BCUT2D eigenvalue weighted by Crippen LogP contribution is 2.36. The number of aliphatic hydroxyl groups excluding tert-OH is 1. The summed E-state index contributed by atoms with van der Waals surface area (Å²) < 4.78 is 11.2. The number of ether oxygens (including phenoxy) is 2. The summed E-state index contributed by atoms with van der Waals surface area (Å²) >= 11 is 0. The van der Waals surface area contributed by atoms with E-state index in [0.717, 1.165) is 48.5 Å². The van der Waals surface area contributed by atoms with Crippen molar-refractivity contribution in [1.82, 2.24) is 0 Å². The van der Waals surface area contributed by atoms with Crippen LogP contribution in [-0.2, 0) is 12.8 Å². The molecule has 0 spiro atoms. The fourth-order valence-electron chi connectivity index (χ4n) is 2.20. The lowest BCUT2D eigenvalue weighted by atomic mass is 9.99. The summed E-state index contributed by atoms with van der Waals surface area (Å²) in [5, 5.41) is 9.05. The van der Waals surface area contributed by atoms with E-state index in [9.17, 15) is 0 Å². The van der Waals surface area contributed by atoms with Crippen LogP contribution in [0.2, 0.25) is 0 Å². The maximum Gasteiger partial charge on any atom is 0.129 e. The molecule has 0 saturated heterocycles. The van der Waals surface area contributed by atoms with Gasteiger partial charge in [0.1, 0.15) is 11.5 Å². The second-order valence-electron chi connectivity index (χ2n) is 4.60. The summed E-state index contributed by atoms with van der Waals surface area (Å²) in [6, 6.07) is 4.09. The molecule has 18 heavy (non-hydrogen) atoms. The van der Waals surface area contributed by atoms with Gasteiger partial charge in [0, 0.05) is 5.56 Å². The summed E-state index contributed by atoms with van der Waals surface area (Å²) in [5.74, 6) is 1.83. The predicted molar refractivity (Wildman–Crippen MR) is 71.4 cm³/mol. The van der Waals surface area contributed by atoms with Crippen molar-refractivity contribution in [3.8, 4) is 11.5 Å². The molecule has 0 aromatic heterocycles. The maximum absolute atomic E-state index is 9.05. The first-order chi connectivity index (χ1) is 8.76. The highest BCUT2D eigenvalue weighted by Gasteiger charge is 2.17. The van der Waals surface area contributed by atoms with E-state index in [1.54, 1.807) is 7.11 Å². The number of fused-ring (bicyclic) bond motifs is 1. The fourth-order valence-corrected chi connectivity index (χ4v) is 2.20. The van der Waals surface area contributed by atoms with Crippen LogP contribution in [0.25, 0.3) is 0 Å². The Balaban J connectivity index is 2.35. The summed E-state index contributed by atoms with van der Waals surface area (Å²) in [6.45, 7) is 2.79. The molecule has 0 unspecified atom stereocenters. The molecule has 1 aliphatic rings.